The van der Waals surface area contributed by atoms with Crippen LogP contribution in [0.15, 0.2) is 108 Å². The normalized spacial score (nSPS) is 19.8. The third kappa shape index (κ3) is 4.96. The topological polar surface area (TPSA) is 72.8 Å². The van der Waals surface area contributed by atoms with E-state index in [9.17, 15) is 5.11 Å². The lowest BCUT2D eigenvalue weighted by Gasteiger charge is -2.40. The minimum atomic E-state index is -1.42. The van der Waals surface area contributed by atoms with Gasteiger partial charge in [-0.2, -0.15) is 4.99 Å². The van der Waals surface area contributed by atoms with E-state index in [2.05, 4.69) is 12.1 Å². The number of rotatable bonds is 8. The summed E-state index contributed by atoms with van der Waals surface area (Å²) in [6, 6.07) is 33.6. The Morgan fingerprint density at radius 2 is 1.65 bits per heavy atom. The van der Waals surface area contributed by atoms with Crippen LogP contribution in [0.3, 0.4) is 0 Å². The number of amidine groups is 1. The Morgan fingerprint density at radius 3 is 2.40 bits per heavy atom. The summed E-state index contributed by atoms with van der Waals surface area (Å²) in [5.41, 5.74) is 2.27. The number of aliphatic imine (C=N–C) groups is 1. The summed E-state index contributed by atoms with van der Waals surface area (Å²) >= 11 is 0. The van der Waals surface area contributed by atoms with Crippen molar-refractivity contribution in [2.45, 2.75) is 37.5 Å². The smallest absolute Gasteiger partial charge is 0.291 e. The van der Waals surface area contributed by atoms with Gasteiger partial charge in [-0.1, -0.05) is 84.9 Å². The molecule has 40 heavy (non-hydrogen) atoms. The Balaban J connectivity index is 1.36. The lowest BCUT2D eigenvalue weighted by molar-refractivity contribution is -0.112. The summed E-state index contributed by atoms with van der Waals surface area (Å²) in [4.78, 5) is 6.92. The van der Waals surface area contributed by atoms with Gasteiger partial charge in [-0.25, -0.2) is 0 Å². The van der Waals surface area contributed by atoms with Crippen LogP contribution in [0.1, 0.15) is 28.4 Å². The zero-order valence-electron chi connectivity index (χ0n) is 22.6. The third-order valence-corrected chi connectivity index (χ3v) is 7.36. The molecule has 0 spiro atoms. The number of methoxy groups -OCH3 is 1. The summed E-state index contributed by atoms with van der Waals surface area (Å²) < 4.78 is 24.7. The second kappa shape index (κ2) is 10.9. The number of nitrogens with zero attached hydrogens (tertiary/aromatic N) is 2. The van der Waals surface area contributed by atoms with Crippen molar-refractivity contribution >= 4 is 6.02 Å². The zero-order chi connectivity index (χ0) is 27.5. The molecule has 6 rings (SSSR count). The SMILES string of the molecule is COc1ccc2c(c1)O[C@@]1([C@H](O)c3ccccc3OCc3ccccc3)N=C(N(C)Cc3ccccc3)O[C@H]1C2. The first-order valence-corrected chi connectivity index (χ1v) is 13.4. The van der Waals surface area contributed by atoms with Gasteiger partial charge in [0.05, 0.1) is 7.11 Å². The number of benzene rings is 4. The Bertz CT molecular complexity index is 1490. The molecule has 3 atom stereocenters. The van der Waals surface area contributed by atoms with Gasteiger partial charge in [0.25, 0.3) is 11.7 Å². The van der Waals surface area contributed by atoms with Crippen LogP contribution in [0.5, 0.6) is 17.2 Å². The van der Waals surface area contributed by atoms with Crippen molar-refractivity contribution in [2.24, 2.45) is 4.99 Å². The first-order chi connectivity index (χ1) is 19.6. The molecule has 2 aliphatic rings. The summed E-state index contributed by atoms with van der Waals surface area (Å²) in [6.07, 6.45) is -1.22. The van der Waals surface area contributed by atoms with E-state index in [1.807, 2.05) is 103 Å². The number of hydrogen-bond acceptors (Lipinski definition) is 7. The summed E-state index contributed by atoms with van der Waals surface area (Å²) in [5, 5.41) is 12.1. The largest absolute Gasteiger partial charge is 0.497 e. The van der Waals surface area contributed by atoms with Crippen LogP contribution < -0.4 is 14.2 Å². The summed E-state index contributed by atoms with van der Waals surface area (Å²) in [7, 11) is 3.54. The fourth-order valence-corrected chi connectivity index (χ4v) is 5.23. The van der Waals surface area contributed by atoms with Crippen molar-refractivity contribution in [3.05, 3.63) is 125 Å². The lowest BCUT2D eigenvalue weighted by Crippen LogP contribution is -2.52. The van der Waals surface area contributed by atoms with E-state index in [0.717, 1.165) is 16.7 Å². The first kappa shape index (κ1) is 25.8. The van der Waals surface area contributed by atoms with E-state index in [4.69, 9.17) is 23.9 Å². The highest BCUT2D eigenvalue weighted by Crippen LogP contribution is 2.48. The second-order valence-corrected chi connectivity index (χ2v) is 10.1. The van der Waals surface area contributed by atoms with Crippen molar-refractivity contribution in [1.29, 1.82) is 0 Å². The molecule has 204 valence electrons. The van der Waals surface area contributed by atoms with Crippen LogP contribution in [0.4, 0.5) is 0 Å². The fourth-order valence-electron chi connectivity index (χ4n) is 5.23. The average Bonchev–Trinajstić information content (AvgIpc) is 3.39. The average molecular weight is 537 g/mol. The Kier molecular flexibility index (Phi) is 7.05. The monoisotopic (exact) mass is 536 g/mol. The van der Waals surface area contributed by atoms with Crippen molar-refractivity contribution in [2.75, 3.05) is 14.2 Å². The van der Waals surface area contributed by atoms with E-state index in [1.165, 1.54) is 0 Å². The van der Waals surface area contributed by atoms with E-state index >= 15 is 0 Å². The quantitative estimate of drug-likeness (QED) is 0.320. The van der Waals surface area contributed by atoms with Gasteiger partial charge in [-0.05, 0) is 28.8 Å². The molecule has 7 heteroatoms. The van der Waals surface area contributed by atoms with Crippen LogP contribution in [0.2, 0.25) is 0 Å². The van der Waals surface area contributed by atoms with Crippen LogP contribution in [-0.4, -0.2) is 42.0 Å². The lowest BCUT2D eigenvalue weighted by atomic mass is 9.87. The standard InChI is InChI=1S/C33H32N2O5/c1-35(21-23-11-5-3-6-12-23)32-34-33(30(39-32)19-25-17-18-26(37-2)20-29(25)40-33)31(36)27-15-9-10-16-28(27)38-22-24-13-7-4-8-14-24/h3-18,20,30-31,36H,19,21-22H2,1-2H3/t30-,31+,33-/m0/s1. The molecule has 0 aromatic heterocycles. The van der Waals surface area contributed by atoms with Crippen molar-refractivity contribution in [1.82, 2.24) is 4.90 Å². The predicted molar refractivity (Wildman–Crippen MR) is 152 cm³/mol. The van der Waals surface area contributed by atoms with Gasteiger partial charge in [0.2, 0.25) is 0 Å². The maximum Gasteiger partial charge on any atom is 0.291 e. The molecule has 0 saturated carbocycles. The van der Waals surface area contributed by atoms with Gasteiger partial charge in [0.15, 0.2) is 6.10 Å². The number of ether oxygens (including phenoxy) is 4. The van der Waals surface area contributed by atoms with Crippen molar-refractivity contribution in [3.63, 3.8) is 0 Å². The molecule has 4 aromatic carbocycles. The molecule has 0 unspecified atom stereocenters. The maximum absolute atomic E-state index is 12.1. The van der Waals surface area contributed by atoms with Gasteiger partial charge in [-0.3, -0.25) is 0 Å². The van der Waals surface area contributed by atoms with Gasteiger partial charge < -0.3 is 29.0 Å². The van der Waals surface area contributed by atoms with E-state index in [0.29, 0.717) is 48.4 Å². The Labute approximate surface area is 234 Å². The number of fused-ring (bicyclic) bond motifs is 2. The van der Waals surface area contributed by atoms with E-state index in [1.54, 1.807) is 7.11 Å². The summed E-state index contributed by atoms with van der Waals surface area (Å²) in [5.74, 6) is 1.84. The number of hydrogen-bond donors (Lipinski definition) is 1. The molecule has 0 amide bonds. The summed E-state index contributed by atoms with van der Waals surface area (Å²) in [6.45, 7) is 0.961. The predicted octanol–water partition coefficient (Wildman–Crippen LogP) is 5.53. The van der Waals surface area contributed by atoms with Crippen LogP contribution >= 0.6 is 0 Å². The van der Waals surface area contributed by atoms with Crippen LogP contribution in [0, 0.1) is 0 Å². The minimum Gasteiger partial charge on any atom is -0.497 e. The molecule has 2 aliphatic heterocycles. The first-order valence-electron chi connectivity index (χ1n) is 13.4. The third-order valence-electron chi connectivity index (χ3n) is 7.36. The molecular weight excluding hydrogens is 504 g/mol. The molecule has 7 nitrogen and oxygen atoms in total. The molecular formula is C33H32N2O5. The van der Waals surface area contributed by atoms with Crippen LogP contribution in [-0.2, 0) is 24.3 Å². The highest BCUT2D eigenvalue weighted by Gasteiger charge is 2.58. The fraction of sp³-hybridized carbons (Fsp3) is 0.242. The van der Waals surface area contributed by atoms with Gasteiger partial charge in [0, 0.05) is 31.6 Å². The zero-order valence-corrected chi connectivity index (χ0v) is 22.6. The molecule has 0 radical (unpaired) electrons. The Morgan fingerprint density at radius 1 is 0.950 bits per heavy atom. The highest BCUT2D eigenvalue weighted by atomic mass is 16.6. The van der Waals surface area contributed by atoms with Gasteiger partial charge >= 0.3 is 0 Å². The van der Waals surface area contributed by atoms with Gasteiger partial charge in [0.1, 0.15) is 30.0 Å². The molecule has 4 aromatic rings. The minimum absolute atomic E-state index is 0.368. The number of para-hydroxylation sites is 1. The van der Waals surface area contributed by atoms with E-state index < -0.39 is 17.9 Å². The molecule has 1 N–H and O–H groups in total. The second-order valence-electron chi connectivity index (χ2n) is 10.1. The Hall–Kier alpha value is -4.49. The number of aliphatic hydroxyl groups is 1. The van der Waals surface area contributed by atoms with Crippen LogP contribution in [0.25, 0.3) is 0 Å². The molecule has 0 saturated heterocycles. The van der Waals surface area contributed by atoms with E-state index in [-0.39, 0.29) is 0 Å². The highest BCUT2D eigenvalue weighted by molar-refractivity contribution is 5.77. The maximum atomic E-state index is 12.1. The molecule has 0 fully saturated rings. The van der Waals surface area contributed by atoms with Crippen molar-refractivity contribution < 1.29 is 24.1 Å². The molecule has 0 bridgehead atoms. The van der Waals surface area contributed by atoms with Gasteiger partial charge in [-0.15, -0.1) is 0 Å². The molecule has 0 aliphatic carbocycles. The van der Waals surface area contributed by atoms with Crippen molar-refractivity contribution in [3.8, 4) is 17.2 Å². The number of aliphatic hydroxyl groups excluding tert-OH is 1. The molecule has 2 heterocycles.